The van der Waals surface area contributed by atoms with Crippen molar-refractivity contribution < 1.29 is 0 Å². The molecule has 0 aliphatic heterocycles. The number of nitrogens with two attached hydrogens (primary N) is 1. The number of guanidine groups is 1. The minimum Gasteiger partial charge on any atom is -0.370 e. The second-order valence-corrected chi connectivity index (χ2v) is 4.81. The second-order valence-electron chi connectivity index (χ2n) is 3.82. The van der Waals surface area contributed by atoms with Crippen molar-refractivity contribution in [2.24, 2.45) is 10.7 Å². The van der Waals surface area contributed by atoms with Crippen LogP contribution < -0.4 is 5.73 Å². The minimum atomic E-state index is 0.269. The van der Waals surface area contributed by atoms with Gasteiger partial charge in [0.1, 0.15) is 0 Å². The van der Waals surface area contributed by atoms with Crippen LogP contribution in [0.1, 0.15) is 27.2 Å². The second kappa shape index (κ2) is 6.98. The molecule has 0 saturated carbocycles. The van der Waals surface area contributed by atoms with Gasteiger partial charge in [-0.3, -0.25) is 4.99 Å². The summed E-state index contributed by atoms with van der Waals surface area (Å²) in [6.07, 6.45) is 3.27. The quantitative estimate of drug-likeness (QED) is 0.564. The van der Waals surface area contributed by atoms with Crippen LogP contribution in [0.25, 0.3) is 0 Å². The summed E-state index contributed by atoms with van der Waals surface area (Å²) in [6, 6.07) is 0.732. The van der Waals surface area contributed by atoms with E-state index in [0.717, 1.165) is 6.42 Å². The zero-order chi connectivity index (χ0) is 11.1. The number of nitrogens with zero attached hydrogens (tertiary/aromatic N) is 2. The maximum absolute atomic E-state index is 5.86. The minimum absolute atomic E-state index is 0.269. The van der Waals surface area contributed by atoms with E-state index >= 15 is 0 Å². The maximum Gasteiger partial charge on any atom is 0.191 e. The monoisotopic (exact) mass is 217 g/mol. The van der Waals surface area contributed by atoms with Crippen molar-refractivity contribution in [3.63, 3.8) is 0 Å². The van der Waals surface area contributed by atoms with Crippen LogP contribution in [0.15, 0.2) is 4.99 Å². The topological polar surface area (TPSA) is 41.6 Å². The van der Waals surface area contributed by atoms with Gasteiger partial charge in [0.2, 0.25) is 0 Å². The van der Waals surface area contributed by atoms with Gasteiger partial charge in [-0.2, -0.15) is 11.8 Å². The molecule has 2 N–H and O–H groups in total. The number of thioether (sulfide) groups is 1. The molecule has 0 aromatic carbocycles. The van der Waals surface area contributed by atoms with E-state index < -0.39 is 0 Å². The molecule has 0 heterocycles. The van der Waals surface area contributed by atoms with Crippen LogP contribution in [0, 0.1) is 0 Å². The highest BCUT2D eigenvalue weighted by molar-refractivity contribution is 7.98. The van der Waals surface area contributed by atoms with Crippen LogP contribution in [0.2, 0.25) is 0 Å². The molecule has 0 saturated heterocycles. The normalized spacial score (nSPS) is 14.6. The van der Waals surface area contributed by atoms with E-state index in [1.54, 1.807) is 0 Å². The standard InChI is InChI=1S/C10H23N3S/c1-8(2)12-10(11)13(4)9(3)6-7-14-5/h8-9H,6-7H2,1-5H3,(H2,11,12). The Hall–Kier alpha value is -0.380. The number of aliphatic imine (C=N–C) groups is 1. The van der Waals surface area contributed by atoms with Crippen molar-refractivity contribution in [1.29, 1.82) is 0 Å². The fourth-order valence-corrected chi connectivity index (χ4v) is 1.64. The summed E-state index contributed by atoms with van der Waals surface area (Å²) in [6.45, 7) is 6.25. The Kier molecular flexibility index (Phi) is 6.79. The Morgan fingerprint density at radius 3 is 2.43 bits per heavy atom. The Morgan fingerprint density at radius 1 is 1.43 bits per heavy atom. The summed E-state index contributed by atoms with van der Waals surface area (Å²) >= 11 is 1.87. The van der Waals surface area contributed by atoms with E-state index in [1.165, 1.54) is 5.75 Å². The summed E-state index contributed by atoms with van der Waals surface area (Å²) in [7, 11) is 2.01. The van der Waals surface area contributed by atoms with Gasteiger partial charge in [-0.1, -0.05) is 0 Å². The molecule has 14 heavy (non-hydrogen) atoms. The molecule has 3 nitrogen and oxygen atoms in total. The summed E-state index contributed by atoms with van der Waals surface area (Å²) in [5.74, 6) is 1.81. The Bertz CT molecular complexity index is 180. The summed E-state index contributed by atoms with van der Waals surface area (Å²) < 4.78 is 0. The molecule has 84 valence electrons. The zero-order valence-electron chi connectivity index (χ0n) is 9.95. The Morgan fingerprint density at radius 2 is 2.00 bits per heavy atom. The molecule has 0 aliphatic rings. The van der Waals surface area contributed by atoms with E-state index in [1.807, 2.05) is 32.7 Å². The molecule has 0 bridgehead atoms. The van der Waals surface area contributed by atoms with Crippen molar-refractivity contribution in [3.8, 4) is 0 Å². The van der Waals surface area contributed by atoms with Gasteiger partial charge in [-0.05, 0) is 39.2 Å². The number of hydrogen-bond acceptors (Lipinski definition) is 2. The van der Waals surface area contributed by atoms with Gasteiger partial charge in [0.15, 0.2) is 5.96 Å². The molecule has 0 aromatic rings. The van der Waals surface area contributed by atoms with Gasteiger partial charge in [0.05, 0.1) is 0 Å². The van der Waals surface area contributed by atoms with Gasteiger partial charge in [-0.25, -0.2) is 0 Å². The first-order valence-electron chi connectivity index (χ1n) is 5.04. The third-order valence-corrected chi connectivity index (χ3v) is 2.80. The zero-order valence-corrected chi connectivity index (χ0v) is 10.8. The molecule has 0 fully saturated rings. The lowest BCUT2D eigenvalue weighted by molar-refractivity contribution is 0.376. The van der Waals surface area contributed by atoms with Crippen molar-refractivity contribution in [2.75, 3.05) is 19.1 Å². The third-order valence-electron chi connectivity index (χ3n) is 2.15. The molecule has 0 aliphatic carbocycles. The van der Waals surface area contributed by atoms with Crippen molar-refractivity contribution in [3.05, 3.63) is 0 Å². The largest absolute Gasteiger partial charge is 0.370 e. The fraction of sp³-hybridized carbons (Fsp3) is 0.900. The summed E-state index contributed by atoms with van der Waals surface area (Å²) in [4.78, 5) is 6.37. The first-order valence-corrected chi connectivity index (χ1v) is 6.43. The maximum atomic E-state index is 5.86. The molecule has 4 heteroatoms. The molecule has 1 atom stereocenters. The molecular weight excluding hydrogens is 194 g/mol. The SMILES string of the molecule is CSCCC(C)N(C)C(N)=NC(C)C. The van der Waals surface area contributed by atoms with Gasteiger partial charge < -0.3 is 10.6 Å². The molecule has 0 rings (SSSR count). The third kappa shape index (κ3) is 5.37. The molecule has 0 spiro atoms. The van der Waals surface area contributed by atoms with Crippen LogP contribution in [0.3, 0.4) is 0 Å². The predicted octanol–water partition coefficient (Wildman–Crippen LogP) is 1.78. The molecule has 0 aromatic heterocycles. The van der Waals surface area contributed by atoms with Crippen LogP contribution in [0.4, 0.5) is 0 Å². The van der Waals surface area contributed by atoms with Crippen molar-refractivity contribution >= 4 is 17.7 Å². The van der Waals surface area contributed by atoms with Crippen molar-refractivity contribution in [1.82, 2.24) is 4.90 Å². The number of rotatable bonds is 5. The van der Waals surface area contributed by atoms with E-state index in [2.05, 4.69) is 23.1 Å². The first-order chi connectivity index (χ1) is 6.49. The Balaban J connectivity index is 4.09. The lowest BCUT2D eigenvalue weighted by Crippen LogP contribution is -2.41. The highest BCUT2D eigenvalue weighted by atomic mass is 32.2. The van der Waals surface area contributed by atoms with Gasteiger partial charge in [0, 0.05) is 19.1 Å². The average molecular weight is 217 g/mol. The number of hydrogen-bond donors (Lipinski definition) is 1. The molecule has 1 unspecified atom stereocenters. The average Bonchev–Trinajstić information content (AvgIpc) is 2.11. The first kappa shape index (κ1) is 13.6. The van der Waals surface area contributed by atoms with Crippen LogP contribution in [-0.4, -0.2) is 42.0 Å². The van der Waals surface area contributed by atoms with E-state index in [-0.39, 0.29) is 6.04 Å². The Labute approximate surface area is 92.1 Å². The van der Waals surface area contributed by atoms with Crippen LogP contribution in [0.5, 0.6) is 0 Å². The summed E-state index contributed by atoms with van der Waals surface area (Å²) in [5, 5.41) is 0. The molecular formula is C10H23N3S. The van der Waals surface area contributed by atoms with Gasteiger partial charge in [-0.15, -0.1) is 0 Å². The highest BCUT2D eigenvalue weighted by Crippen LogP contribution is 2.05. The van der Waals surface area contributed by atoms with Crippen LogP contribution in [-0.2, 0) is 0 Å². The lowest BCUT2D eigenvalue weighted by atomic mass is 10.2. The van der Waals surface area contributed by atoms with E-state index in [0.29, 0.717) is 12.0 Å². The molecule has 0 amide bonds. The van der Waals surface area contributed by atoms with Gasteiger partial charge >= 0.3 is 0 Å². The van der Waals surface area contributed by atoms with Gasteiger partial charge in [0.25, 0.3) is 0 Å². The van der Waals surface area contributed by atoms with Crippen LogP contribution >= 0.6 is 11.8 Å². The van der Waals surface area contributed by atoms with E-state index in [9.17, 15) is 0 Å². The fourth-order valence-electron chi connectivity index (χ4n) is 1.06. The lowest BCUT2D eigenvalue weighted by Gasteiger charge is -2.26. The van der Waals surface area contributed by atoms with Crippen molar-refractivity contribution in [2.45, 2.75) is 39.3 Å². The smallest absolute Gasteiger partial charge is 0.191 e. The van der Waals surface area contributed by atoms with E-state index in [4.69, 9.17) is 5.73 Å². The molecule has 0 radical (unpaired) electrons. The summed E-state index contributed by atoms with van der Waals surface area (Å²) in [5.41, 5.74) is 5.86. The predicted molar refractivity (Wildman–Crippen MR) is 67.0 cm³/mol. The highest BCUT2D eigenvalue weighted by Gasteiger charge is 2.10.